The van der Waals surface area contributed by atoms with Crippen molar-refractivity contribution in [1.82, 2.24) is 0 Å². The summed E-state index contributed by atoms with van der Waals surface area (Å²) < 4.78 is 8.55. The number of halogens is 1. The van der Waals surface area contributed by atoms with Crippen molar-refractivity contribution >= 4 is 15.9 Å². The first kappa shape index (κ1) is 15.8. The Morgan fingerprint density at radius 3 is 2.04 bits per heavy atom. The number of aromatic nitrogens is 1. The predicted octanol–water partition coefficient (Wildman–Crippen LogP) is 4.92. The van der Waals surface area contributed by atoms with Gasteiger partial charge in [0.25, 0.3) is 0 Å². The molecule has 1 aromatic heterocycles. The van der Waals surface area contributed by atoms with E-state index in [2.05, 4.69) is 83.0 Å². The second-order valence-corrected chi connectivity index (χ2v) is 6.48. The zero-order chi connectivity index (χ0) is 16.4. The Hall–Kier alpha value is -2.13. The molecular formula is C20H19BrNO+. The van der Waals surface area contributed by atoms with Crippen molar-refractivity contribution in [3.8, 4) is 28.1 Å². The van der Waals surface area contributed by atoms with Crippen molar-refractivity contribution in [3.63, 3.8) is 0 Å². The summed E-state index contributed by atoms with van der Waals surface area (Å²) in [5, 5.41) is 0. The van der Waals surface area contributed by atoms with Crippen LogP contribution in [0.2, 0.25) is 0 Å². The monoisotopic (exact) mass is 368 g/mol. The van der Waals surface area contributed by atoms with Crippen LogP contribution in [0.1, 0.15) is 5.69 Å². The smallest absolute Gasteiger partial charge is 0.213 e. The Morgan fingerprint density at radius 2 is 1.43 bits per heavy atom. The lowest BCUT2D eigenvalue weighted by Gasteiger charge is -2.08. The van der Waals surface area contributed by atoms with Crippen molar-refractivity contribution in [2.24, 2.45) is 7.05 Å². The molecule has 0 saturated heterocycles. The lowest BCUT2D eigenvalue weighted by atomic mass is 10.0. The minimum absolute atomic E-state index is 0.875. The van der Waals surface area contributed by atoms with Gasteiger partial charge in [-0.1, -0.05) is 28.1 Å². The van der Waals surface area contributed by atoms with Gasteiger partial charge in [-0.2, -0.15) is 4.57 Å². The molecule has 0 saturated carbocycles. The predicted molar refractivity (Wildman–Crippen MR) is 97.5 cm³/mol. The molecular weight excluding hydrogens is 350 g/mol. The number of benzene rings is 2. The molecule has 0 aliphatic rings. The van der Waals surface area contributed by atoms with Crippen molar-refractivity contribution < 1.29 is 9.30 Å². The third kappa shape index (κ3) is 3.30. The van der Waals surface area contributed by atoms with Crippen LogP contribution >= 0.6 is 15.9 Å². The van der Waals surface area contributed by atoms with E-state index in [1.807, 2.05) is 12.1 Å². The first-order valence-electron chi connectivity index (χ1n) is 7.49. The van der Waals surface area contributed by atoms with Crippen LogP contribution in [0.4, 0.5) is 0 Å². The molecule has 0 aliphatic heterocycles. The number of rotatable bonds is 3. The van der Waals surface area contributed by atoms with Crippen molar-refractivity contribution in [1.29, 1.82) is 0 Å². The fourth-order valence-electron chi connectivity index (χ4n) is 2.65. The molecule has 0 radical (unpaired) electrons. The van der Waals surface area contributed by atoms with Crippen LogP contribution in [-0.4, -0.2) is 7.11 Å². The highest BCUT2D eigenvalue weighted by Gasteiger charge is 2.15. The Bertz CT molecular complexity index is 824. The van der Waals surface area contributed by atoms with E-state index in [9.17, 15) is 0 Å². The SMILES string of the molecule is COc1ccc(-c2cc(C)[n+](C)c(-c3ccc(Br)cc3)c2)cc1. The van der Waals surface area contributed by atoms with Crippen molar-refractivity contribution in [2.45, 2.75) is 6.92 Å². The highest BCUT2D eigenvalue weighted by Crippen LogP contribution is 2.27. The van der Waals surface area contributed by atoms with Crippen LogP contribution in [0, 0.1) is 6.92 Å². The van der Waals surface area contributed by atoms with Crippen LogP contribution < -0.4 is 9.30 Å². The van der Waals surface area contributed by atoms with E-state index in [0.29, 0.717) is 0 Å². The first-order chi connectivity index (χ1) is 11.1. The molecule has 3 heteroatoms. The zero-order valence-electron chi connectivity index (χ0n) is 13.5. The molecule has 0 unspecified atom stereocenters. The van der Waals surface area contributed by atoms with Crippen molar-refractivity contribution in [2.75, 3.05) is 7.11 Å². The Kier molecular flexibility index (Phi) is 4.49. The second kappa shape index (κ2) is 6.55. The molecule has 116 valence electrons. The highest BCUT2D eigenvalue weighted by molar-refractivity contribution is 9.10. The second-order valence-electron chi connectivity index (χ2n) is 5.57. The minimum atomic E-state index is 0.875. The molecule has 23 heavy (non-hydrogen) atoms. The Labute approximate surface area is 145 Å². The molecule has 0 N–H and O–H groups in total. The van der Waals surface area contributed by atoms with Gasteiger partial charge in [0, 0.05) is 29.1 Å². The topological polar surface area (TPSA) is 13.1 Å². The number of hydrogen-bond donors (Lipinski definition) is 0. The number of ether oxygens (including phenoxy) is 1. The van der Waals surface area contributed by atoms with Gasteiger partial charge in [0.2, 0.25) is 5.69 Å². The normalized spacial score (nSPS) is 10.6. The highest BCUT2D eigenvalue weighted by atomic mass is 79.9. The number of pyridine rings is 1. The summed E-state index contributed by atoms with van der Waals surface area (Å²) in [6, 6.07) is 21.1. The summed E-state index contributed by atoms with van der Waals surface area (Å²) in [6.45, 7) is 2.13. The van der Waals surface area contributed by atoms with Crippen LogP contribution in [-0.2, 0) is 7.05 Å². The maximum Gasteiger partial charge on any atom is 0.213 e. The molecule has 0 bridgehead atoms. The summed E-state index contributed by atoms with van der Waals surface area (Å²) in [4.78, 5) is 0. The van der Waals surface area contributed by atoms with Gasteiger partial charge in [0.15, 0.2) is 5.69 Å². The van der Waals surface area contributed by atoms with Gasteiger partial charge in [-0.3, -0.25) is 0 Å². The van der Waals surface area contributed by atoms with Crippen LogP contribution in [0.5, 0.6) is 5.75 Å². The summed E-state index contributed by atoms with van der Waals surface area (Å²) in [5.74, 6) is 0.875. The largest absolute Gasteiger partial charge is 0.497 e. The number of aryl methyl sites for hydroxylation is 1. The van der Waals surface area contributed by atoms with Crippen LogP contribution in [0.3, 0.4) is 0 Å². The Balaban J connectivity index is 2.10. The maximum absolute atomic E-state index is 5.24. The molecule has 0 amide bonds. The molecule has 3 aromatic rings. The van der Waals surface area contributed by atoms with E-state index in [0.717, 1.165) is 10.2 Å². The van der Waals surface area contributed by atoms with Crippen LogP contribution in [0.15, 0.2) is 65.1 Å². The molecule has 2 aromatic carbocycles. The van der Waals surface area contributed by atoms with Gasteiger partial charge >= 0.3 is 0 Å². The number of nitrogens with zero attached hydrogens (tertiary/aromatic N) is 1. The molecule has 0 fully saturated rings. The van der Waals surface area contributed by atoms with Gasteiger partial charge < -0.3 is 4.74 Å². The lowest BCUT2D eigenvalue weighted by Crippen LogP contribution is -2.34. The number of hydrogen-bond acceptors (Lipinski definition) is 1. The van der Waals surface area contributed by atoms with Gasteiger partial charge in [-0.05, 0) is 47.5 Å². The summed E-state index contributed by atoms with van der Waals surface area (Å²) in [5.41, 5.74) is 6.02. The molecule has 0 aliphatic carbocycles. The maximum atomic E-state index is 5.24. The Morgan fingerprint density at radius 1 is 0.826 bits per heavy atom. The van der Waals surface area contributed by atoms with E-state index >= 15 is 0 Å². The van der Waals surface area contributed by atoms with E-state index in [1.165, 1.54) is 28.1 Å². The molecule has 0 spiro atoms. The average molecular weight is 369 g/mol. The standard InChI is InChI=1S/C20H19BrNO/c1-14-12-17(15-6-10-19(23-3)11-7-15)13-20(22(14)2)16-4-8-18(21)9-5-16/h4-13H,1-3H3/q+1. The molecule has 3 rings (SSSR count). The van der Waals surface area contributed by atoms with Gasteiger partial charge in [0.1, 0.15) is 12.8 Å². The van der Waals surface area contributed by atoms with E-state index in [4.69, 9.17) is 4.74 Å². The van der Waals surface area contributed by atoms with Gasteiger partial charge in [-0.25, -0.2) is 0 Å². The fourth-order valence-corrected chi connectivity index (χ4v) is 2.91. The van der Waals surface area contributed by atoms with E-state index in [-0.39, 0.29) is 0 Å². The summed E-state index contributed by atoms with van der Waals surface area (Å²) >= 11 is 3.50. The van der Waals surface area contributed by atoms with Crippen molar-refractivity contribution in [3.05, 3.63) is 70.8 Å². The molecule has 2 nitrogen and oxygen atoms in total. The molecule has 0 atom stereocenters. The third-order valence-corrected chi connectivity index (χ3v) is 4.64. The lowest BCUT2D eigenvalue weighted by molar-refractivity contribution is -0.666. The quantitative estimate of drug-likeness (QED) is 0.597. The third-order valence-electron chi connectivity index (χ3n) is 4.11. The fraction of sp³-hybridized carbons (Fsp3) is 0.150. The minimum Gasteiger partial charge on any atom is -0.497 e. The summed E-state index contributed by atoms with van der Waals surface area (Å²) in [6.07, 6.45) is 0. The zero-order valence-corrected chi connectivity index (χ0v) is 15.1. The first-order valence-corrected chi connectivity index (χ1v) is 8.29. The number of methoxy groups -OCH3 is 1. The molecule has 1 heterocycles. The van der Waals surface area contributed by atoms with E-state index in [1.54, 1.807) is 7.11 Å². The van der Waals surface area contributed by atoms with E-state index < -0.39 is 0 Å². The van der Waals surface area contributed by atoms with Gasteiger partial charge in [-0.15, -0.1) is 0 Å². The van der Waals surface area contributed by atoms with Gasteiger partial charge in [0.05, 0.1) is 7.11 Å². The summed E-state index contributed by atoms with van der Waals surface area (Å²) in [7, 11) is 3.79. The van der Waals surface area contributed by atoms with Crippen LogP contribution in [0.25, 0.3) is 22.4 Å². The average Bonchev–Trinajstić information content (AvgIpc) is 2.58.